The van der Waals surface area contributed by atoms with Crippen LogP contribution in [0.2, 0.25) is 0 Å². The van der Waals surface area contributed by atoms with Crippen molar-refractivity contribution < 1.29 is 13.9 Å². The number of nitrogens with one attached hydrogen (secondary N) is 2. The summed E-state index contributed by atoms with van der Waals surface area (Å²) in [6.45, 7) is 0.124. The van der Waals surface area contributed by atoms with Gasteiger partial charge in [0.25, 0.3) is 0 Å². The van der Waals surface area contributed by atoms with Crippen molar-refractivity contribution in [1.82, 2.24) is 0 Å². The highest BCUT2D eigenvalue weighted by atomic mass is 19.1. The van der Waals surface area contributed by atoms with Crippen LogP contribution in [0.4, 0.5) is 4.39 Å². The number of rotatable bonds is 8. The highest BCUT2D eigenvalue weighted by Gasteiger charge is 2.10. The van der Waals surface area contributed by atoms with Gasteiger partial charge in [0.1, 0.15) is 42.2 Å². The third-order valence-corrected chi connectivity index (χ3v) is 4.28. The Labute approximate surface area is 167 Å². The largest absolute Gasteiger partial charge is 0.489 e. The molecule has 0 amide bonds. The Hall–Kier alpha value is -3.87. The van der Waals surface area contributed by atoms with Crippen LogP contribution < -0.4 is 20.9 Å². The maximum Gasteiger partial charge on any atom is 0.136 e. The fraction of sp³-hybridized carbons (Fsp3) is 0.0909. The van der Waals surface area contributed by atoms with E-state index in [2.05, 4.69) is 0 Å². The van der Waals surface area contributed by atoms with Crippen LogP contribution >= 0.6 is 0 Å². The molecule has 3 aromatic rings. The first kappa shape index (κ1) is 19.9. The molecule has 0 saturated heterocycles. The van der Waals surface area contributed by atoms with Crippen LogP contribution in [0.1, 0.15) is 22.3 Å². The molecule has 0 aliphatic carbocycles. The summed E-state index contributed by atoms with van der Waals surface area (Å²) in [4.78, 5) is 0. The van der Waals surface area contributed by atoms with Crippen molar-refractivity contribution in [2.45, 2.75) is 13.2 Å². The normalized spacial score (nSPS) is 10.4. The van der Waals surface area contributed by atoms with E-state index in [4.69, 9.17) is 31.8 Å². The number of halogens is 1. The number of ether oxygens (including phenoxy) is 2. The van der Waals surface area contributed by atoms with Crippen LogP contribution in [0, 0.1) is 16.6 Å². The number of hydrogen-bond donors (Lipinski definition) is 4. The SMILES string of the molecule is N=C(N)c1ccc(OCc2cccc(COc3ccc(C(=N)N)cc3)c2F)cc1. The van der Waals surface area contributed by atoms with Gasteiger partial charge in [-0.15, -0.1) is 0 Å². The summed E-state index contributed by atoms with van der Waals surface area (Å²) in [7, 11) is 0. The highest BCUT2D eigenvalue weighted by Crippen LogP contribution is 2.20. The molecule has 148 valence electrons. The topological polar surface area (TPSA) is 118 Å². The maximum absolute atomic E-state index is 14.8. The zero-order chi connectivity index (χ0) is 20.8. The van der Waals surface area contributed by atoms with E-state index >= 15 is 0 Å². The van der Waals surface area contributed by atoms with E-state index in [9.17, 15) is 4.39 Å². The fourth-order valence-corrected chi connectivity index (χ4v) is 2.64. The Balaban J connectivity index is 1.62. The Bertz CT molecular complexity index is 938. The van der Waals surface area contributed by atoms with E-state index in [0.717, 1.165) is 0 Å². The molecule has 0 spiro atoms. The predicted molar refractivity (Wildman–Crippen MR) is 110 cm³/mol. The van der Waals surface area contributed by atoms with Gasteiger partial charge in [-0.25, -0.2) is 4.39 Å². The molecule has 0 saturated carbocycles. The van der Waals surface area contributed by atoms with Crippen molar-refractivity contribution in [3.63, 3.8) is 0 Å². The first-order valence-electron chi connectivity index (χ1n) is 8.85. The van der Waals surface area contributed by atoms with Crippen molar-refractivity contribution in [3.05, 3.63) is 94.8 Å². The van der Waals surface area contributed by atoms with Crippen molar-refractivity contribution >= 4 is 11.7 Å². The van der Waals surface area contributed by atoms with Gasteiger partial charge in [-0.3, -0.25) is 10.8 Å². The number of hydrogen-bond acceptors (Lipinski definition) is 4. The molecule has 29 heavy (non-hydrogen) atoms. The lowest BCUT2D eigenvalue weighted by Gasteiger charge is -2.12. The van der Waals surface area contributed by atoms with Gasteiger partial charge < -0.3 is 20.9 Å². The monoisotopic (exact) mass is 392 g/mol. The van der Waals surface area contributed by atoms with E-state index in [0.29, 0.717) is 33.8 Å². The Morgan fingerprint density at radius 1 is 0.690 bits per heavy atom. The smallest absolute Gasteiger partial charge is 0.136 e. The predicted octanol–water partition coefficient (Wildman–Crippen LogP) is 3.55. The first-order chi connectivity index (χ1) is 13.9. The maximum atomic E-state index is 14.8. The van der Waals surface area contributed by atoms with Crippen LogP contribution in [0.25, 0.3) is 0 Å². The third kappa shape index (κ3) is 5.10. The minimum Gasteiger partial charge on any atom is -0.489 e. The summed E-state index contributed by atoms with van der Waals surface area (Å²) in [6.07, 6.45) is 0. The van der Waals surface area contributed by atoms with Crippen LogP contribution in [-0.4, -0.2) is 11.7 Å². The molecule has 0 fully saturated rings. The van der Waals surface area contributed by atoms with Gasteiger partial charge in [-0.05, 0) is 48.5 Å². The van der Waals surface area contributed by atoms with E-state index in [-0.39, 0.29) is 30.7 Å². The summed E-state index contributed by atoms with van der Waals surface area (Å²) < 4.78 is 26.0. The molecular weight excluding hydrogens is 371 g/mol. The Morgan fingerprint density at radius 3 is 1.41 bits per heavy atom. The number of benzene rings is 3. The summed E-state index contributed by atoms with van der Waals surface area (Å²) in [6, 6.07) is 18.5. The summed E-state index contributed by atoms with van der Waals surface area (Å²) in [5.74, 6) is 0.689. The lowest BCUT2D eigenvalue weighted by Crippen LogP contribution is -2.10. The van der Waals surface area contributed by atoms with E-state index < -0.39 is 0 Å². The second-order valence-corrected chi connectivity index (χ2v) is 6.34. The van der Waals surface area contributed by atoms with Gasteiger partial charge in [0.05, 0.1) is 0 Å². The summed E-state index contributed by atoms with van der Waals surface area (Å²) in [5, 5.41) is 14.8. The van der Waals surface area contributed by atoms with E-state index in [1.54, 1.807) is 66.7 Å². The standard InChI is InChI=1S/C22H21FN4O2/c23-20-16(12-28-18-8-4-14(5-9-18)21(24)25)2-1-3-17(20)13-29-19-10-6-15(7-11-19)22(26)27/h1-11H,12-13H2,(H3,24,25)(H3,26,27). The van der Waals surface area contributed by atoms with E-state index in [1.807, 2.05) is 0 Å². The Morgan fingerprint density at radius 2 is 1.07 bits per heavy atom. The lowest BCUT2D eigenvalue weighted by molar-refractivity contribution is 0.287. The average molecular weight is 392 g/mol. The van der Waals surface area contributed by atoms with Crippen LogP contribution in [-0.2, 0) is 13.2 Å². The molecule has 0 heterocycles. The van der Waals surface area contributed by atoms with Crippen LogP contribution in [0.3, 0.4) is 0 Å². The van der Waals surface area contributed by atoms with Crippen LogP contribution in [0.5, 0.6) is 11.5 Å². The summed E-state index contributed by atoms with van der Waals surface area (Å²) in [5.41, 5.74) is 12.9. The number of nitrogens with two attached hydrogens (primary N) is 2. The summed E-state index contributed by atoms with van der Waals surface area (Å²) >= 11 is 0. The molecule has 0 unspecified atom stereocenters. The number of nitrogen functional groups attached to an aromatic ring is 2. The van der Waals surface area contributed by atoms with Gasteiger partial charge in [-0.2, -0.15) is 0 Å². The molecule has 6 N–H and O–H groups in total. The van der Waals surface area contributed by atoms with Crippen molar-refractivity contribution in [2.75, 3.05) is 0 Å². The molecule has 0 radical (unpaired) electrons. The zero-order valence-electron chi connectivity index (χ0n) is 15.6. The minimum atomic E-state index is -0.381. The molecular formula is C22H21FN4O2. The fourth-order valence-electron chi connectivity index (χ4n) is 2.64. The van der Waals surface area contributed by atoms with Crippen molar-refractivity contribution in [2.24, 2.45) is 11.5 Å². The number of amidine groups is 2. The Kier molecular flexibility index (Phi) is 6.09. The van der Waals surface area contributed by atoms with E-state index in [1.165, 1.54) is 0 Å². The molecule has 0 atom stereocenters. The zero-order valence-corrected chi connectivity index (χ0v) is 15.6. The molecule has 3 rings (SSSR count). The van der Waals surface area contributed by atoms with Gasteiger partial charge in [0.15, 0.2) is 0 Å². The van der Waals surface area contributed by atoms with Crippen LogP contribution in [0.15, 0.2) is 66.7 Å². The molecule has 3 aromatic carbocycles. The molecule has 0 aliphatic heterocycles. The van der Waals surface area contributed by atoms with Crippen molar-refractivity contribution in [1.29, 1.82) is 10.8 Å². The third-order valence-electron chi connectivity index (χ3n) is 4.28. The van der Waals surface area contributed by atoms with Gasteiger partial charge in [0.2, 0.25) is 0 Å². The molecule has 0 bridgehead atoms. The highest BCUT2D eigenvalue weighted by molar-refractivity contribution is 5.95. The lowest BCUT2D eigenvalue weighted by atomic mass is 10.1. The second kappa shape index (κ2) is 8.88. The second-order valence-electron chi connectivity index (χ2n) is 6.34. The molecule has 0 aromatic heterocycles. The average Bonchev–Trinajstić information content (AvgIpc) is 2.72. The van der Waals surface area contributed by atoms with Crippen molar-refractivity contribution in [3.8, 4) is 11.5 Å². The molecule has 6 nitrogen and oxygen atoms in total. The molecule has 0 aliphatic rings. The quantitative estimate of drug-likeness (QED) is 0.346. The minimum absolute atomic E-state index is 0.0220. The van der Waals surface area contributed by atoms with Gasteiger partial charge >= 0.3 is 0 Å². The molecule has 7 heteroatoms. The van der Waals surface area contributed by atoms with Gasteiger partial charge in [0, 0.05) is 22.3 Å². The first-order valence-corrected chi connectivity index (χ1v) is 8.85. The van der Waals surface area contributed by atoms with Gasteiger partial charge in [-0.1, -0.05) is 18.2 Å².